The Bertz CT molecular complexity index is 945. The summed E-state index contributed by atoms with van der Waals surface area (Å²) in [5, 5.41) is 5.67. The number of nitrogens with one attached hydrogen (secondary N) is 3. The van der Waals surface area contributed by atoms with E-state index in [1.807, 2.05) is 25.1 Å². The molecule has 1 aliphatic rings. The number of ether oxygens (including phenoxy) is 2. The van der Waals surface area contributed by atoms with Gasteiger partial charge in [0.2, 0.25) is 16.8 Å². The Morgan fingerprint density at radius 2 is 1.75 bits per heavy atom. The lowest BCUT2D eigenvalue weighted by Crippen LogP contribution is -2.36. The van der Waals surface area contributed by atoms with Gasteiger partial charge in [-0.15, -0.1) is 0 Å². The molecule has 1 unspecified atom stereocenters. The largest absolute Gasteiger partial charge is 0.454 e. The second-order valence-electron chi connectivity index (χ2n) is 6.44. The van der Waals surface area contributed by atoms with Crippen molar-refractivity contribution in [2.75, 3.05) is 13.8 Å². The number of carbonyl (C=O) groups excluding carboxylic acids is 1. The first kappa shape index (κ1) is 20.0. The minimum Gasteiger partial charge on any atom is -0.454 e. The lowest BCUT2D eigenvalue weighted by molar-refractivity contribution is 0.174. The van der Waals surface area contributed by atoms with Gasteiger partial charge in [-0.05, 0) is 42.8 Å². The predicted octanol–water partition coefficient (Wildman–Crippen LogP) is 2.02. The van der Waals surface area contributed by atoms with Gasteiger partial charge < -0.3 is 20.1 Å². The molecule has 8 nitrogen and oxygen atoms in total. The quantitative estimate of drug-likeness (QED) is 0.654. The number of rotatable bonds is 7. The van der Waals surface area contributed by atoms with Crippen molar-refractivity contribution in [3.8, 4) is 11.5 Å². The van der Waals surface area contributed by atoms with Crippen molar-refractivity contribution in [1.29, 1.82) is 0 Å². The molecule has 0 saturated heterocycles. The molecule has 3 N–H and O–H groups in total. The zero-order valence-corrected chi connectivity index (χ0v) is 16.5. The smallest absolute Gasteiger partial charge is 0.315 e. The van der Waals surface area contributed by atoms with Gasteiger partial charge in [-0.3, -0.25) is 0 Å². The Kier molecular flexibility index (Phi) is 6.05. The zero-order chi connectivity index (χ0) is 20.1. The molecule has 0 saturated carbocycles. The Morgan fingerprint density at radius 3 is 2.46 bits per heavy atom. The van der Waals surface area contributed by atoms with Crippen molar-refractivity contribution < 1.29 is 22.7 Å². The number of carbonyl (C=O) groups is 1. The van der Waals surface area contributed by atoms with Crippen molar-refractivity contribution in [1.82, 2.24) is 15.4 Å². The summed E-state index contributed by atoms with van der Waals surface area (Å²) in [5.74, 6) is 1.29. The normalized spacial score (nSPS) is 13.8. The van der Waals surface area contributed by atoms with Gasteiger partial charge in [0.05, 0.1) is 11.8 Å². The van der Waals surface area contributed by atoms with Crippen LogP contribution in [0.3, 0.4) is 0 Å². The van der Waals surface area contributed by atoms with Crippen LogP contribution in [0.25, 0.3) is 0 Å². The highest BCUT2D eigenvalue weighted by molar-refractivity contribution is 7.88. The van der Waals surface area contributed by atoms with E-state index in [2.05, 4.69) is 15.4 Å². The number of fused-ring (bicyclic) bond motifs is 1. The monoisotopic (exact) mass is 405 g/mol. The fourth-order valence-electron chi connectivity index (χ4n) is 2.74. The maximum absolute atomic E-state index is 12.2. The lowest BCUT2D eigenvalue weighted by atomic mass is 10.1. The number of hydrogen-bond acceptors (Lipinski definition) is 5. The Balaban J connectivity index is 1.50. The van der Waals surface area contributed by atoms with Gasteiger partial charge in [-0.1, -0.05) is 30.3 Å². The SMILES string of the molecule is CNS(=O)(=O)Cc1ccc(CNC(=O)NC(C)c2ccc3c(c2)OCO3)cc1. The number of benzene rings is 2. The van der Waals surface area contributed by atoms with E-state index >= 15 is 0 Å². The van der Waals surface area contributed by atoms with Gasteiger partial charge in [-0.25, -0.2) is 17.9 Å². The van der Waals surface area contributed by atoms with Crippen LogP contribution in [-0.4, -0.2) is 28.3 Å². The van der Waals surface area contributed by atoms with E-state index in [1.165, 1.54) is 7.05 Å². The Hall–Kier alpha value is -2.78. The highest BCUT2D eigenvalue weighted by Gasteiger charge is 2.16. The number of hydrogen-bond donors (Lipinski definition) is 3. The highest BCUT2D eigenvalue weighted by Crippen LogP contribution is 2.34. The average Bonchev–Trinajstić information content (AvgIpc) is 3.15. The molecule has 0 fully saturated rings. The van der Waals surface area contributed by atoms with Crippen molar-refractivity contribution in [2.45, 2.75) is 25.3 Å². The van der Waals surface area contributed by atoms with Crippen LogP contribution < -0.4 is 24.8 Å². The third kappa shape index (κ3) is 5.14. The molecule has 2 amide bonds. The Morgan fingerprint density at radius 1 is 1.07 bits per heavy atom. The third-order valence-corrected chi connectivity index (χ3v) is 5.72. The van der Waals surface area contributed by atoms with Gasteiger partial charge in [0.15, 0.2) is 11.5 Å². The second kappa shape index (κ2) is 8.49. The second-order valence-corrected chi connectivity index (χ2v) is 8.37. The van der Waals surface area contributed by atoms with E-state index in [9.17, 15) is 13.2 Å². The van der Waals surface area contributed by atoms with Crippen LogP contribution in [0.2, 0.25) is 0 Å². The van der Waals surface area contributed by atoms with E-state index in [0.717, 1.165) is 11.1 Å². The molecule has 1 heterocycles. The van der Waals surface area contributed by atoms with Crippen molar-refractivity contribution in [2.24, 2.45) is 0 Å². The molecule has 0 aliphatic carbocycles. The molecule has 0 radical (unpaired) electrons. The lowest BCUT2D eigenvalue weighted by Gasteiger charge is -2.15. The van der Waals surface area contributed by atoms with Crippen LogP contribution in [0, 0.1) is 0 Å². The minimum atomic E-state index is -3.30. The summed E-state index contributed by atoms with van der Waals surface area (Å²) in [4.78, 5) is 12.2. The average molecular weight is 405 g/mol. The van der Waals surface area contributed by atoms with Crippen molar-refractivity contribution in [3.63, 3.8) is 0 Å². The molecule has 0 aromatic heterocycles. The van der Waals surface area contributed by atoms with Gasteiger partial charge in [0, 0.05) is 6.54 Å². The first-order valence-electron chi connectivity index (χ1n) is 8.79. The molecule has 0 bridgehead atoms. The number of urea groups is 1. The summed E-state index contributed by atoms with van der Waals surface area (Å²) in [6.07, 6.45) is 0. The van der Waals surface area contributed by atoms with Crippen molar-refractivity contribution >= 4 is 16.1 Å². The number of sulfonamides is 1. The van der Waals surface area contributed by atoms with Gasteiger partial charge in [0.1, 0.15) is 0 Å². The van der Waals surface area contributed by atoms with Gasteiger partial charge in [0.25, 0.3) is 0 Å². The summed E-state index contributed by atoms with van der Waals surface area (Å²) in [7, 11) is -1.92. The van der Waals surface area contributed by atoms with E-state index in [1.54, 1.807) is 24.3 Å². The summed E-state index contributed by atoms with van der Waals surface area (Å²) < 4.78 is 36.0. The van der Waals surface area contributed by atoms with Gasteiger partial charge in [-0.2, -0.15) is 0 Å². The Labute approximate surface area is 164 Å². The molecular weight excluding hydrogens is 382 g/mol. The highest BCUT2D eigenvalue weighted by atomic mass is 32.2. The molecule has 0 spiro atoms. The summed E-state index contributed by atoms with van der Waals surface area (Å²) in [6, 6.07) is 12.1. The van der Waals surface area contributed by atoms with Crippen LogP contribution in [0.4, 0.5) is 4.79 Å². The molecule has 1 atom stereocenters. The maximum atomic E-state index is 12.2. The number of amides is 2. The summed E-state index contributed by atoms with van der Waals surface area (Å²) in [5.41, 5.74) is 2.46. The van der Waals surface area contributed by atoms with Crippen LogP contribution in [0.5, 0.6) is 11.5 Å². The molecule has 150 valence electrons. The van der Waals surface area contributed by atoms with E-state index < -0.39 is 10.0 Å². The van der Waals surface area contributed by atoms with Gasteiger partial charge >= 0.3 is 6.03 Å². The van der Waals surface area contributed by atoms with Crippen molar-refractivity contribution in [3.05, 3.63) is 59.2 Å². The van der Waals surface area contributed by atoms with E-state index in [0.29, 0.717) is 23.6 Å². The molecule has 3 rings (SSSR count). The zero-order valence-electron chi connectivity index (χ0n) is 15.7. The van der Waals surface area contributed by atoms with E-state index in [4.69, 9.17) is 9.47 Å². The fourth-order valence-corrected chi connectivity index (χ4v) is 3.52. The fraction of sp³-hybridized carbons (Fsp3) is 0.316. The molecule has 2 aromatic carbocycles. The summed E-state index contributed by atoms with van der Waals surface area (Å²) >= 11 is 0. The summed E-state index contributed by atoms with van der Waals surface area (Å²) in [6.45, 7) is 2.42. The van der Waals surface area contributed by atoms with Crippen LogP contribution in [0.15, 0.2) is 42.5 Å². The van der Waals surface area contributed by atoms with Crippen LogP contribution >= 0.6 is 0 Å². The molecule has 2 aromatic rings. The maximum Gasteiger partial charge on any atom is 0.315 e. The third-order valence-electron chi connectivity index (χ3n) is 4.39. The molecule has 28 heavy (non-hydrogen) atoms. The molecule has 1 aliphatic heterocycles. The molecular formula is C19H23N3O5S. The van der Waals surface area contributed by atoms with Crippen LogP contribution in [-0.2, 0) is 22.3 Å². The minimum absolute atomic E-state index is 0.0786. The first-order valence-corrected chi connectivity index (χ1v) is 10.4. The molecule has 9 heteroatoms. The van der Waals surface area contributed by atoms with E-state index in [-0.39, 0.29) is 24.6 Å². The van der Waals surface area contributed by atoms with Crippen LogP contribution in [0.1, 0.15) is 29.7 Å². The first-order chi connectivity index (χ1) is 13.4. The topological polar surface area (TPSA) is 106 Å². The standard InChI is InChI=1S/C19H23N3O5S/c1-13(16-7-8-17-18(9-16)27-12-26-17)22-19(23)21-10-14-3-5-15(6-4-14)11-28(24,25)20-2/h3-9,13,20H,10-12H2,1-2H3,(H2,21,22,23). The predicted molar refractivity (Wildman–Crippen MR) is 104 cm³/mol.